The fourth-order valence-corrected chi connectivity index (χ4v) is 1.46. The van der Waals surface area contributed by atoms with E-state index in [0.29, 0.717) is 5.00 Å². The lowest BCUT2D eigenvalue weighted by molar-refractivity contribution is 0.272. The molecule has 1 aromatic heterocycles. The Balaban J connectivity index is 2.50. The predicted molar refractivity (Wildman–Crippen MR) is 51.3 cm³/mol. The molecule has 0 bridgehead atoms. The Morgan fingerprint density at radius 2 is 2.58 bits per heavy atom. The van der Waals surface area contributed by atoms with Gasteiger partial charge in [0.2, 0.25) is 0 Å². The summed E-state index contributed by atoms with van der Waals surface area (Å²) in [7, 11) is 0. The van der Waals surface area contributed by atoms with Crippen LogP contribution in [0.25, 0.3) is 0 Å². The molecule has 12 heavy (non-hydrogen) atoms. The van der Waals surface area contributed by atoms with Gasteiger partial charge in [-0.05, 0) is 6.42 Å². The lowest BCUT2D eigenvalue weighted by Gasteiger charge is -2.11. The highest BCUT2D eigenvalue weighted by molar-refractivity contribution is 7.19. The maximum absolute atomic E-state index is 8.88. The number of thiazole rings is 1. The largest absolute Gasteiger partial charge is 0.394 e. The number of aliphatic hydroxyl groups excluding tert-OH is 1. The molecule has 0 fully saturated rings. The molecule has 0 amide bonds. The number of hydrogen-bond acceptors (Lipinski definition) is 5. The van der Waals surface area contributed by atoms with Gasteiger partial charge in [0, 0.05) is 0 Å². The van der Waals surface area contributed by atoms with Crippen molar-refractivity contribution in [1.82, 2.24) is 4.98 Å². The molecule has 1 heterocycles. The zero-order valence-electron chi connectivity index (χ0n) is 6.95. The number of hydrogen-bond donors (Lipinski definition) is 3. The zero-order chi connectivity index (χ0) is 8.97. The van der Waals surface area contributed by atoms with Crippen LogP contribution in [0.2, 0.25) is 0 Å². The predicted octanol–water partition coefficient (Wildman–Crippen LogP) is 0.908. The Bertz CT molecular complexity index is 234. The number of anilines is 2. The molecule has 0 aliphatic heterocycles. The third kappa shape index (κ3) is 2.35. The van der Waals surface area contributed by atoms with Crippen LogP contribution in [0.5, 0.6) is 0 Å². The number of aromatic nitrogens is 1. The normalized spacial score (nSPS) is 12.8. The third-order valence-electron chi connectivity index (χ3n) is 1.56. The molecule has 5 heteroatoms. The number of nitrogens with one attached hydrogen (secondary N) is 1. The molecule has 1 aromatic rings. The minimum Gasteiger partial charge on any atom is -0.394 e. The summed E-state index contributed by atoms with van der Waals surface area (Å²) < 4.78 is 0. The molecular formula is C7H13N3OS. The van der Waals surface area contributed by atoms with Crippen molar-refractivity contribution in [3.05, 3.63) is 6.20 Å². The van der Waals surface area contributed by atoms with E-state index in [0.717, 1.165) is 11.6 Å². The molecule has 0 aliphatic rings. The zero-order valence-corrected chi connectivity index (χ0v) is 7.77. The van der Waals surface area contributed by atoms with Crippen molar-refractivity contribution in [1.29, 1.82) is 0 Å². The van der Waals surface area contributed by atoms with Gasteiger partial charge in [0.1, 0.15) is 5.00 Å². The quantitative estimate of drug-likeness (QED) is 0.655. The van der Waals surface area contributed by atoms with E-state index in [1.165, 1.54) is 11.3 Å². The van der Waals surface area contributed by atoms with Crippen LogP contribution in [0.15, 0.2) is 6.20 Å². The minimum atomic E-state index is 0.0792. The summed E-state index contributed by atoms with van der Waals surface area (Å²) in [4.78, 5) is 4.02. The fraction of sp³-hybridized carbons (Fsp3) is 0.571. The molecule has 4 nitrogen and oxygen atoms in total. The minimum absolute atomic E-state index is 0.0792. The smallest absolute Gasteiger partial charge is 0.184 e. The van der Waals surface area contributed by atoms with Crippen molar-refractivity contribution >= 4 is 21.5 Å². The highest BCUT2D eigenvalue weighted by Crippen LogP contribution is 2.20. The molecule has 68 valence electrons. The molecule has 0 saturated carbocycles. The highest BCUT2D eigenvalue weighted by atomic mass is 32.1. The number of nitrogen functional groups attached to an aromatic ring is 1. The molecule has 1 rings (SSSR count). The molecular weight excluding hydrogens is 174 g/mol. The van der Waals surface area contributed by atoms with E-state index in [9.17, 15) is 0 Å². The van der Waals surface area contributed by atoms with E-state index >= 15 is 0 Å². The van der Waals surface area contributed by atoms with Crippen molar-refractivity contribution in [3.63, 3.8) is 0 Å². The first-order valence-electron chi connectivity index (χ1n) is 3.85. The van der Waals surface area contributed by atoms with Gasteiger partial charge in [0.15, 0.2) is 5.13 Å². The number of nitrogens with zero attached hydrogens (tertiary/aromatic N) is 1. The first kappa shape index (κ1) is 9.28. The van der Waals surface area contributed by atoms with Crippen molar-refractivity contribution in [2.24, 2.45) is 0 Å². The summed E-state index contributed by atoms with van der Waals surface area (Å²) in [5.41, 5.74) is 5.49. The number of rotatable bonds is 4. The van der Waals surface area contributed by atoms with Crippen LogP contribution in [0.4, 0.5) is 10.1 Å². The lowest BCUT2D eigenvalue weighted by Crippen LogP contribution is -2.22. The van der Waals surface area contributed by atoms with E-state index in [1.807, 2.05) is 6.92 Å². The van der Waals surface area contributed by atoms with E-state index in [1.54, 1.807) is 6.20 Å². The molecule has 0 aliphatic carbocycles. The van der Waals surface area contributed by atoms with Gasteiger partial charge < -0.3 is 16.2 Å². The first-order chi connectivity index (χ1) is 5.76. The van der Waals surface area contributed by atoms with Crippen LogP contribution in [-0.4, -0.2) is 22.7 Å². The molecule has 0 radical (unpaired) electrons. The van der Waals surface area contributed by atoms with Crippen LogP contribution in [0.1, 0.15) is 13.3 Å². The van der Waals surface area contributed by atoms with Crippen LogP contribution in [-0.2, 0) is 0 Å². The monoisotopic (exact) mass is 187 g/mol. The van der Waals surface area contributed by atoms with Gasteiger partial charge in [-0.25, -0.2) is 4.98 Å². The van der Waals surface area contributed by atoms with Crippen LogP contribution in [0.3, 0.4) is 0 Å². The fourth-order valence-electron chi connectivity index (χ4n) is 0.805. The van der Waals surface area contributed by atoms with Crippen LogP contribution < -0.4 is 11.1 Å². The SMILES string of the molecule is CCC(CO)Nc1ncc(N)s1. The van der Waals surface area contributed by atoms with Crippen molar-refractivity contribution in [3.8, 4) is 0 Å². The van der Waals surface area contributed by atoms with Crippen molar-refractivity contribution < 1.29 is 5.11 Å². The topological polar surface area (TPSA) is 71.2 Å². The molecule has 1 atom stereocenters. The Hall–Kier alpha value is -0.810. The van der Waals surface area contributed by atoms with E-state index in [2.05, 4.69) is 10.3 Å². The highest BCUT2D eigenvalue weighted by Gasteiger charge is 2.05. The average Bonchev–Trinajstić information content (AvgIpc) is 2.47. The Morgan fingerprint density at radius 1 is 1.83 bits per heavy atom. The molecule has 1 unspecified atom stereocenters. The first-order valence-corrected chi connectivity index (χ1v) is 4.66. The van der Waals surface area contributed by atoms with E-state index in [-0.39, 0.29) is 12.6 Å². The number of nitrogens with two attached hydrogens (primary N) is 1. The summed E-state index contributed by atoms with van der Waals surface area (Å²) in [5, 5.41) is 13.4. The Labute approximate surface area is 75.4 Å². The van der Waals surface area contributed by atoms with Crippen molar-refractivity contribution in [2.45, 2.75) is 19.4 Å². The Morgan fingerprint density at radius 3 is 3.00 bits per heavy atom. The summed E-state index contributed by atoms with van der Waals surface area (Å²) in [6.45, 7) is 2.13. The summed E-state index contributed by atoms with van der Waals surface area (Å²) in [6, 6.07) is 0.0792. The van der Waals surface area contributed by atoms with Crippen LogP contribution >= 0.6 is 11.3 Å². The molecule has 4 N–H and O–H groups in total. The summed E-state index contributed by atoms with van der Waals surface area (Å²) >= 11 is 1.39. The van der Waals surface area contributed by atoms with Gasteiger partial charge in [-0.3, -0.25) is 0 Å². The maximum Gasteiger partial charge on any atom is 0.184 e. The van der Waals surface area contributed by atoms with Gasteiger partial charge >= 0.3 is 0 Å². The average molecular weight is 187 g/mol. The van der Waals surface area contributed by atoms with Gasteiger partial charge in [0.25, 0.3) is 0 Å². The van der Waals surface area contributed by atoms with Gasteiger partial charge in [-0.1, -0.05) is 18.3 Å². The standard InChI is InChI=1S/C7H13N3OS/c1-2-5(4-11)10-7-9-3-6(8)12-7/h3,5,11H,2,4,8H2,1H3,(H,9,10). The summed E-state index contributed by atoms with van der Waals surface area (Å²) in [5.74, 6) is 0. The third-order valence-corrected chi connectivity index (χ3v) is 2.32. The lowest BCUT2D eigenvalue weighted by atomic mass is 10.2. The van der Waals surface area contributed by atoms with Crippen LogP contribution in [0, 0.1) is 0 Å². The Kier molecular flexibility index (Phi) is 3.31. The van der Waals surface area contributed by atoms with Gasteiger partial charge in [-0.15, -0.1) is 0 Å². The second-order valence-corrected chi connectivity index (χ2v) is 3.56. The number of aliphatic hydroxyl groups is 1. The summed E-state index contributed by atoms with van der Waals surface area (Å²) in [6.07, 6.45) is 2.48. The second kappa shape index (κ2) is 4.27. The molecule has 0 aromatic carbocycles. The molecule has 0 saturated heterocycles. The maximum atomic E-state index is 8.88. The molecule has 0 spiro atoms. The van der Waals surface area contributed by atoms with Gasteiger partial charge in [0.05, 0.1) is 18.8 Å². The van der Waals surface area contributed by atoms with E-state index in [4.69, 9.17) is 10.8 Å². The van der Waals surface area contributed by atoms with E-state index < -0.39 is 0 Å². The second-order valence-electron chi connectivity index (χ2n) is 2.50. The van der Waals surface area contributed by atoms with Crippen molar-refractivity contribution in [2.75, 3.05) is 17.7 Å². The van der Waals surface area contributed by atoms with Gasteiger partial charge in [-0.2, -0.15) is 0 Å².